The number of hydrazine groups is 1. The Morgan fingerprint density at radius 3 is 2.74 bits per heavy atom. The van der Waals surface area contributed by atoms with E-state index in [0.717, 1.165) is 15.6 Å². The van der Waals surface area contributed by atoms with Crippen molar-refractivity contribution in [2.45, 2.75) is 12.5 Å². The molecule has 2 nitrogen and oxygen atoms in total. The van der Waals surface area contributed by atoms with Gasteiger partial charge in [0.25, 0.3) is 0 Å². The fourth-order valence-electron chi connectivity index (χ4n) is 1.94. The number of hydrogen-bond acceptors (Lipinski definition) is 2. The van der Waals surface area contributed by atoms with E-state index in [1.807, 2.05) is 18.2 Å². The third kappa shape index (κ3) is 3.76. The van der Waals surface area contributed by atoms with Gasteiger partial charge in [0.05, 0.1) is 6.04 Å². The Morgan fingerprint density at radius 1 is 1.26 bits per heavy atom. The fourth-order valence-corrected chi connectivity index (χ4v) is 2.57. The Bertz CT molecular complexity index is 577. The van der Waals surface area contributed by atoms with Crippen LogP contribution in [-0.4, -0.2) is 0 Å². The Labute approximate surface area is 124 Å². The van der Waals surface area contributed by atoms with Crippen LogP contribution in [0.1, 0.15) is 17.2 Å². The monoisotopic (exact) mass is 342 g/mol. The fraction of sp³-hybridized carbons (Fsp3) is 0.143. The third-order valence-corrected chi connectivity index (χ3v) is 3.70. The predicted molar refractivity (Wildman–Crippen MR) is 79.3 cm³/mol. The van der Waals surface area contributed by atoms with Gasteiger partial charge >= 0.3 is 0 Å². The average molecular weight is 344 g/mol. The normalized spacial score (nSPS) is 12.4. The van der Waals surface area contributed by atoms with Crippen LogP contribution in [-0.2, 0) is 6.42 Å². The summed E-state index contributed by atoms with van der Waals surface area (Å²) in [5.74, 6) is 5.34. The van der Waals surface area contributed by atoms with Crippen LogP contribution in [0.15, 0.2) is 46.9 Å². The lowest BCUT2D eigenvalue weighted by atomic mass is 9.99. The summed E-state index contributed by atoms with van der Waals surface area (Å²) in [6.07, 6.45) is 0.560. The van der Waals surface area contributed by atoms with Crippen molar-refractivity contribution in [3.63, 3.8) is 0 Å². The maximum absolute atomic E-state index is 13.2. The summed E-state index contributed by atoms with van der Waals surface area (Å²) in [6.45, 7) is 0. The molecule has 0 aliphatic rings. The first-order chi connectivity index (χ1) is 9.10. The second-order valence-electron chi connectivity index (χ2n) is 4.22. The molecule has 1 unspecified atom stereocenters. The minimum absolute atomic E-state index is 0.174. The van der Waals surface area contributed by atoms with Gasteiger partial charge in [0.1, 0.15) is 5.82 Å². The Balaban J connectivity index is 2.27. The van der Waals surface area contributed by atoms with Crippen molar-refractivity contribution in [3.05, 3.63) is 68.9 Å². The van der Waals surface area contributed by atoms with Gasteiger partial charge in [-0.25, -0.2) is 4.39 Å². The van der Waals surface area contributed by atoms with Crippen LogP contribution in [0.5, 0.6) is 0 Å². The molecule has 19 heavy (non-hydrogen) atoms. The van der Waals surface area contributed by atoms with Crippen molar-refractivity contribution in [1.29, 1.82) is 0 Å². The summed E-state index contributed by atoms with van der Waals surface area (Å²) in [7, 11) is 0. The van der Waals surface area contributed by atoms with Gasteiger partial charge in [-0.15, -0.1) is 0 Å². The van der Waals surface area contributed by atoms with Crippen molar-refractivity contribution in [3.8, 4) is 0 Å². The summed E-state index contributed by atoms with van der Waals surface area (Å²) in [5, 5.41) is 0.627. The standard InChI is InChI=1S/C14H13BrClFN2/c15-10-4-5-13(16)12(8-10)14(19-18)7-9-2-1-3-11(17)6-9/h1-6,8,14,19H,7,18H2. The second-order valence-corrected chi connectivity index (χ2v) is 5.54. The first-order valence-corrected chi connectivity index (χ1v) is 6.93. The molecular weight excluding hydrogens is 331 g/mol. The van der Waals surface area contributed by atoms with E-state index >= 15 is 0 Å². The maximum Gasteiger partial charge on any atom is 0.123 e. The zero-order valence-electron chi connectivity index (χ0n) is 10.0. The largest absolute Gasteiger partial charge is 0.271 e. The third-order valence-electron chi connectivity index (χ3n) is 2.86. The van der Waals surface area contributed by atoms with Crippen molar-refractivity contribution < 1.29 is 4.39 Å². The number of nitrogens with two attached hydrogens (primary N) is 1. The molecule has 0 saturated carbocycles. The second kappa shape index (κ2) is 6.48. The first-order valence-electron chi connectivity index (χ1n) is 5.75. The smallest absolute Gasteiger partial charge is 0.123 e. The molecule has 0 saturated heterocycles. The number of rotatable bonds is 4. The van der Waals surface area contributed by atoms with Gasteiger partial charge < -0.3 is 0 Å². The van der Waals surface area contributed by atoms with Gasteiger partial charge in [0.15, 0.2) is 0 Å². The van der Waals surface area contributed by atoms with Crippen LogP contribution >= 0.6 is 27.5 Å². The molecule has 0 aliphatic heterocycles. The van der Waals surface area contributed by atoms with Gasteiger partial charge in [0.2, 0.25) is 0 Å². The zero-order valence-corrected chi connectivity index (χ0v) is 12.4. The van der Waals surface area contributed by atoms with Gasteiger partial charge in [-0.2, -0.15) is 0 Å². The number of hydrogen-bond donors (Lipinski definition) is 2. The van der Waals surface area contributed by atoms with Crippen molar-refractivity contribution in [2.24, 2.45) is 5.84 Å². The topological polar surface area (TPSA) is 38.0 Å². The average Bonchev–Trinajstić information content (AvgIpc) is 2.39. The molecule has 2 aromatic carbocycles. The Morgan fingerprint density at radius 2 is 2.05 bits per heavy atom. The van der Waals surface area contributed by atoms with Crippen LogP contribution in [0.25, 0.3) is 0 Å². The molecule has 5 heteroatoms. The molecule has 0 aromatic heterocycles. The summed E-state index contributed by atoms with van der Waals surface area (Å²) < 4.78 is 14.1. The molecule has 100 valence electrons. The van der Waals surface area contributed by atoms with Crippen molar-refractivity contribution >= 4 is 27.5 Å². The van der Waals surface area contributed by atoms with Crippen LogP contribution in [0.3, 0.4) is 0 Å². The molecule has 0 spiro atoms. The minimum Gasteiger partial charge on any atom is -0.271 e. The SMILES string of the molecule is NNC(Cc1cccc(F)c1)c1cc(Br)ccc1Cl. The van der Waals surface area contributed by atoms with Gasteiger partial charge in [0, 0.05) is 9.50 Å². The van der Waals surface area contributed by atoms with Gasteiger partial charge in [-0.3, -0.25) is 11.3 Å². The predicted octanol–water partition coefficient (Wildman–Crippen LogP) is 3.99. The van der Waals surface area contributed by atoms with E-state index in [9.17, 15) is 4.39 Å². The number of nitrogens with one attached hydrogen (secondary N) is 1. The van der Waals surface area contributed by atoms with Crippen molar-refractivity contribution in [2.75, 3.05) is 0 Å². The summed E-state index contributed by atoms with van der Waals surface area (Å²) >= 11 is 9.58. The lowest BCUT2D eigenvalue weighted by Gasteiger charge is -2.18. The summed E-state index contributed by atoms with van der Waals surface area (Å²) in [6, 6.07) is 11.9. The molecule has 0 heterocycles. The maximum atomic E-state index is 13.2. The van der Waals surface area contributed by atoms with E-state index in [0.29, 0.717) is 11.4 Å². The van der Waals surface area contributed by atoms with Crippen LogP contribution < -0.4 is 11.3 Å². The number of benzene rings is 2. The molecule has 0 radical (unpaired) electrons. The van der Waals surface area contributed by atoms with Gasteiger partial charge in [-0.05, 0) is 47.9 Å². The van der Waals surface area contributed by atoms with Crippen LogP contribution in [0.4, 0.5) is 4.39 Å². The highest BCUT2D eigenvalue weighted by molar-refractivity contribution is 9.10. The molecule has 1 atom stereocenters. The quantitative estimate of drug-likeness (QED) is 0.651. The highest BCUT2D eigenvalue weighted by Crippen LogP contribution is 2.28. The lowest BCUT2D eigenvalue weighted by molar-refractivity contribution is 0.548. The molecule has 0 fully saturated rings. The molecular formula is C14H13BrClFN2. The van der Waals surface area contributed by atoms with E-state index in [1.54, 1.807) is 12.1 Å². The van der Waals surface area contributed by atoms with E-state index in [-0.39, 0.29) is 11.9 Å². The summed E-state index contributed by atoms with van der Waals surface area (Å²) in [5.41, 5.74) is 4.46. The zero-order chi connectivity index (χ0) is 13.8. The Kier molecular flexibility index (Phi) is 4.93. The Hall–Kier alpha value is -0.940. The molecule has 0 bridgehead atoms. The summed E-state index contributed by atoms with van der Waals surface area (Å²) in [4.78, 5) is 0. The lowest BCUT2D eigenvalue weighted by Crippen LogP contribution is -2.29. The van der Waals surface area contributed by atoms with Gasteiger partial charge in [-0.1, -0.05) is 39.7 Å². The van der Waals surface area contributed by atoms with Crippen LogP contribution in [0, 0.1) is 5.82 Å². The highest BCUT2D eigenvalue weighted by Gasteiger charge is 2.14. The first kappa shape index (κ1) is 14.5. The van der Waals surface area contributed by atoms with Crippen molar-refractivity contribution in [1.82, 2.24) is 5.43 Å². The molecule has 0 amide bonds. The van der Waals surface area contributed by atoms with E-state index < -0.39 is 0 Å². The van der Waals surface area contributed by atoms with E-state index in [1.165, 1.54) is 12.1 Å². The van der Waals surface area contributed by atoms with Crippen LogP contribution in [0.2, 0.25) is 5.02 Å². The minimum atomic E-state index is -0.256. The molecule has 2 rings (SSSR count). The number of halogens is 3. The molecule has 0 aliphatic carbocycles. The van der Waals surface area contributed by atoms with E-state index in [4.69, 9.17) is 17.4 Å². The molecule has 3 N–H and O–H groups in total. The highest BCUT2D eigenvalue weighted by atomic mass is 79.9. The van der Waals surface area contributed by atoms with E-state index in [2.05, 4.69) is 21.4 Å². The molecule has 2 aromatic rings.